The van der Waals surface area contributed by atoms with Crippen LogP contribution in [-0.2, 0) is 0 Å². The summed E-state index contributed by atoms with van der Waals surface area (Å²) in [6.07, 6.45) is 8.40. The number of ether oxygens (including phenoxy) is 1. The lowest BCUT2D eigenvalue weighted by Crippen LogP contribution is -2.33. The Labute approximate surface area is 166 Å². The van der Waals surface area contributed by atoms with Crippen LogP contribution in [0.25, 0.3) is 11.0 Å². The number of fused-ring (bicyclic) bond motifs is 3. The standard InChI is InChI=1S/C24H30O4/c1-15(2)8-6-9-16(3)10-7-13-24(5)17(4)21-22(28-24)19-12-11-18(25)14-20(19)27-23(21)26/h8,10-12,14,17,25H,6-7,9,13H2,1-5H3/b16-10+/t17-,24+/m0/s1. The highest BCUT2D eigenvalue weighted by Gasteiger charge is 2.44. The number of phenols is 1. The van der Waals surface area contributed by atoms with E-state index in [0.717, 1.165) is 31.1 Å². The average Bonchev–Trinajstić information content (AvgIpc) is 2.86. The van der Waals surface area contributed by atoms with E-state index < -0.39 is 5.60 Å². The second kappa shape index (κ2) is 7.86. The van der Waals surface area contributed by atoms with Gasteiger partial charge in [-0.3, -0.25) is 0 Å². The Kier molecular flexibility index (Phi) is 5.69. The van der Waals surface area contributed by atoms with Crippen molar-refractivity contribution in [3.63, 3.8) is 0 Å². The first-order chi connectivity index (χ1) is 13.2. The zero-order valence-corrected chi connectivity index (χ0v) is 17.5. The van der Waals surface area contributed by atoms with Gasteiger partial charge in [-0.25, -0.2) is 4.79 Å². The molecule has 0 aliphatic carbocycles. The van der Waals surface area contributed by atoms with Crippen molar-refractivity contribution < 1.29 is 14.3 Å². The van der Waals surface area contributed by atoms with Crippen LogP contribution in [0.3, 0.4) is 0 Å². The van der Waals surface area contributed by atoms with Crippen LogP contribution in [0.4, 0.5) is 0 Å². The lowest BCUT2D eigenvalue weighted by molar-refractivity contribution is 0.0862. The number of phenolic OH excluding ortho intramolecular Hbond substituents is 1. The molecule has 1 aliphatic heterocycles. The van der Waals surface area contributed by atoms with E-state index in [4.69, 9.17) is 9.15 Å². The van der Waals surface area contributed by atoms with Crippen molar-refractivity contribution in [2.45, 2.75) is 71.8 Å². The van der Waals surface area contributed by atoms with Gasteiger partial charge in [-0.1, -0.05) is 30.2 Å². The molecule has 1 aromatic heterocycles. The maximum Gasteiger partial charge on any atom is 0.343 e. The Hall–Kier alpha value is -2.49. The third-order valence-corrected chi connectivity index (χ3v) is 5.79. The maximum atomic E-state index is 12.5. The van der Waals surface area contributed by atoms with Gasteiger partial charge in [0.05, 0.1) is 10.9 Å². The van der Waals surface area contributed by atoms with Gasteiger partial charge in [0.2, 0.25) is 0 Å². The number of rotatable bonds is 6. The molecular weight excluding hydrogens is 352 g/mol. The maximum absolute atomic E-state index is 12.5. The molecule has 0 amide bonds. The molecule has 3 rings (SSSR count). The first-order valence-corrected chi connectivity index (χ1v) is 9.99. The number of allylic oxidation sites excluding steroid dienone is 4. The normalized spacial score (nSPS) is 21.5. The Morgan fingerprint density at radius 2 is 1.96 bits per heavy atom. The van der Waals surface area contributed by atoms with Gasteiger partial charge in [-0.2, -0.15) is 0 Å². The highest BCUT2D eigenvalue weighted by Crippen LogP contribution is 2.48. The molecule has 0 spiro atoms. The van der Waals surface area contributed by atoms with Crippen molar-refractivity contribution in [3.05, 3.63) is 57.5 Å². The molecule has 0 radical (unpaired) electrons. The van der Waals surface area contributed by atoms with Gasteiger partial charge in [0.1, 0.15) is 22.7 Å². The van der Waals surface area contributed by atoms with E-state index >= 15 is 0 Å². The molecule has 1 N–H and O–H groups in total. The number of hydrogen-bond acceptors (Lipinski definition) is 4. The van der Waals surface area contributed by atoms with Crippen LogP contribution in [-0.4, -0.2) is 10.7 Å². The average molecular weight is 383 g/mol. The fraction of sp³-hybridized carbons (Fsp3) is 0.458. The first-order valence-electron chi connectivity index (χ1n) is 9.99. The van der Waals surface area contributed by atoms with Gasteiger partial charge in [0.15, 0.2) is 0 Å². The van der Waals surface area contributed by atoms with E-state index in [1.54, 1.807) is 12.1 Å². The van der Waals surface area contributed by atoms with E-state index in [0.29, 0.717) is 16.9 Å². The molecule has 0 bridgehead atoms. The monoisotopic (exact) mass is 382 g/mol. The lowest BCUT2D eigenvalue weighted by Gasteiger charge is -2.28. The third kappa shape index (κ3) is 4.01. The van der Waals surface area contributed by atoms with Crippen molar-refractivity contribution in [2.24, 2.45) is 0 Å². The molecule has 0 saturated heterocycles. The minimum Gasteiger partial charge on any atom is -0.508 e. The summed E-state index contributed by atoms with van der Waals surface area (Å²) in [7, 11) is 0. The molecule has 28 heavy (non-hydrogen) atoms. The predicted octanol–water partition coefficient (Wildman–Crippen LogP) is 6.23. The lowest BCUT2D eigenvalue weighted by atomic mass is 9.84. The zero-order valence-electron chi connectivity index (χ0n) is 17.5. The number of benzene rings is 1. The summed E-state index contributed by atoms with van der Waals surface area (Å²) in [4.78, 5) is 12.5. The molecule has 0 unspecified atom stereocenters. The Morgan fingerprint density at radius 3 is 2.68 bits per heavy atom. The predicted molar refractivity (Wildman–Crippen MR) is 113 cm³/mol. The molecular formula is C24H30O4. The first kappa shape index (κ1) is 20.2. The molecule has 0 saturated carbocycles. The van der Waals surface area contributed by atoms with Crippen LogP contribution < -0.4 is 10.4 Å². The van der Waals surface area contributed by atoms with Crippen LogP contribution in [0.2, 0.25) is 0 Å². The summed E-state index contributed by atoms with van der Waals surface area (Å²) in [6, 6.07) is 4.79. The topological polar surface area (TPSA) is 59.7 Å². The van der Waals surface area contributed by atoms with Crippen molar-refractivity contribution in [2.75, 3.05) is 0 Å². The Morgan fingerprint density at radius 1 is 1.21 bits per heavy atom. The largest absolute Gasteiger partial charge is 0.508 e. The summed E-state index contributed by atoms with van der Waals surface area (Å²) in [5, 5.41) is 10.4. The fourth-order valence-corrected chi connectivity index (χ4v) is 3.85. The molecule has 4 nitrogen and oxygen atoms in total. The fourth-order valence-electron chi connectivity index (χ4n) is 3.85. The SMILES string of the molecule is CC(C)=CCC/C(C)=C/CC[C@@]1(C)Oc2c(c(=O)oc3cc(O)ccc23)[C@@H]1C. The highest BCUT2D eigenvalue weighted by atomic mass is 16.5. The number of aromatic hydroxyl groups is 1. The van der Waals surface area contributed by atoms with E-state index in [1.165, 1.54) is 17.2 Å². The van der Waals surface area contributed by atoms with Crippen LogP contribution in [0.15, 0.2) is 50.7 Å². The molecule has 150 valence electrons. The summed E-state index contributed by atoms with van der Waals surface area (Å²) < 4.78 is 11.8. The van der Waals surface area contributed by atoms with Crippen molar-refractivity contribution >= 4 is 11.0 Å². The summed E-state index contributed by atoms with van der Waals surface area (Å²) in [6.45, 7) is 10.5. The highest BCUT2D eigenvalue weighted by molar-refractivity contribution is 5.86. The van der Waals surface area contributed by atoms with Gasteiger partial charge < -0.3 is 14.3 Å². The smallest absolute Gasteiger partial charge is 0.343 e. The second-order valence-corrected chi connectivity index (χ2v) is 8.36. The van der Waals surface area contributed by atoms with E-state index in [9.17, 15) is 9.90 Å². The Bertz CT molecular complexity index is 992. The molecule has 0 fully saturated rings. The van der Waals surface area contributed by atoms with Crippen LogP contribution in [0.1, 0.15) is 71.8 Å². The van der Waals surface area contributed by atoms with Gasteiger partial charge in [0, 0.05) is 12.0 Å². The summed E-state index contributed by atoms with van der Waals surface area (Å²) in [5.41, 5.74) is 2.85. The van der Waals surface area contributed by atoms with Crippen molar-refractivity contribution in [1.29, 1.82) is 0 Å². The van der Waals surface area contributed by atoms with Crippen LogP contribution in [0.5, 0.6) is 11.5 Å². The zero-order chi connectivity index (χ0) is 20.5. The Balaban J connectivity index is 1.78. The molecule has 1 aliphatic rings. The van der Waals surface area contributed by atoms with E-state index in [1.807, 2.05) is 6.92 Å². The molecule has 2 atom stereocenters. The summed E-state index contributed by atoms with van der Waals surface area (Å²) >= 11 is 0. The molecule has 2 aromatic rings. The third-order valence-electron chi connectivity index (χ3n) is 5.79. The van der Waals surface area contributed by atoms with Crippen molar-refractivity contribution in [1.82, 2.24) is 0 Å². The molecule has 2 heterocycles. The van der Waals surface area contributed by atoms with Gasteiger partial charge >= 0.3 is 5.63 Å². The molecule has 4 heteroatoms. The van der Waals surface area contributed by atoms with Gasteiger partial charge in [-0.15, -0.1) is 0 Å². The molecule has 1 aromatic carbocycles. The van der Waals surface area contributed by atoms with Gasteiger partial charge in [-0.05, 0) is 65.5 Å². The van der Waals surface area contributed by atoms with Crippen molar-refractivity contribution in [3.8, 4) is 11.5 Å². The van der Waals surface area contributed by atoms with Crippen LogP contribution in [0, 0.1) is 0 Å². The van der Waals surface area contributed by atoms with E-state index in [-0.39, 0.29) is 17.3 Å². The summed E-state index contributed by atoms with van der Waals surface area (Å²) in [5.74, 6) is 0.611. The minimum atomic E-state index is -0.458. The van der Waals surface area contributed by atoms with E-state index in [2.05, 4.69) is 39.8 Å². The minimum absolute atomic E-state index is 0.0590. The van der Waals surface area contributed by atoms with Crippen LogP contribution >= 0.6 is 0 Å². The quantitative estimate of drug-likeness (QED) is 0.475. The van der Waals surface area contributed by atoms with Gasteiger partial charge in [0.25, 0.3) is 0 Å². The second-order valence-electron chi connectivity index (χ2n) is 8.36. The number of hydrogen-bond donors (Lipinski definition) is 1.